The quantitative estimate of drug-likeness (QED) is 0.390. The molecule has 0 unspecified atom stereocenters. The predicted octanol–water partition coefficient (Wildman–Crippen LogP) is 4.61. The highest BCUT2D eigenvalue weighted by atomic mass is 16.5. The molecule has 0 aliphatic carbocycles. The Morgan fingerprint density at radius 2 is 1.43 bits per heavy atom. The first-order valence-corrected chi connectivity index (χ1v) is 9.59. The van der Waals surface area contributed by atoms with Crippen LogP contribution in [0, 0.1) is 0 Å². The maximum Gasteiger partial charge on any atom is 0.338 e. The van der Waals surface area contributed by atoms with E-state index in [0.29, 0.717) is 32.0 Å². The number of aromatic hydroxyl groups is 1. The van der Waals surface area contributed by atoms with E-state index >= 15 is 0 Å². The largest absolute Gasteiger partial charge is 0.508 e. The minimum absolute atomic E-state index is 0.0567. The highest BCUT2D eigenvalue weighted by molar-refractivity contribution is 5.90. The maximum atomic E-state index is 11.6. The average molecular weight is 408 g/mol. The van der Waals surface area contributed by atoms with Gasteiger partial charge in [-0.15, -0.1) is 0 Å². The number of carbonyl (C=O) groups excluding carboxylic acids is 1. The molecule has 0 aromatic heterocycles. The molecular weight excluding hydrogens is 384 g/mol. The number of phenolic OH excluding ortho intramolecular Hbond substituents is 1. The predicted molar refractivity (Wildman–Crippen MR) is 112 cm³/mol. The minimum atomic E-state index is -0.532. The summed E-state index contributed by atoms with van der Waals surface area (Å²) in [5.74, 6) is 1.33. The smallest absolute Gasteiger partial charge is 0.338 e. The summed E-state index contributed by atoms with van der Waals surface area (Å²) in [5.41, 5.74) is 1.35. The number of phenols is 1. The minimum Gasteiger partial charge on any atom is -0.508 e. The van der Waals surface area contributed by atoms with Crippen LogP contribution in [-0.4, -0.2) is 31.4 Å². The topological polar surface area (TPSA) is 74.2 Å². The molecule has 6 nitrogen and oxygen atoms in total. The second-order valence-corrected chi connectivity index (χ2v) is 6.50. The molecule has 3 aromatic rings. The third-order valence-electron chi connectivity index (χ3n) is 4.21. The summed E-state index contributed by atoms with van der Waals surface area (Å²) in [4.78, 5) is 11.6. The van der Waals surface area contributed by atoms with Gasteiger partial charge >= 0.3 is 5.97 Å². The van der Waals surface area contributed by atoms with E-state index in [0.717, 1.165) is 17.1 Å². The van der Waals surface area contributed by atoms with Gasteiger partial charge in [-0.2, -0.15) is 0 Å². The van der Waals surface area contributed by atoms with E-state index in [2.05, 4.69) is 4.74 Å². The molecule has 0 saturated carbocycles. The number of hydrogen-bond donors (Lipinski definition) is 1. The molecule has 0 aliphatic rings. The molecule has 3 aromatic carbocycles. The van der Waals surface area contributed by atoms with Crippen molar-refractivity contribution >= 4 is 5.97 Å². The van der Waals surface area contributed by atoms with Gasteiger partial charge in [0, 0.05) is 12.5 Å². The van der Waals surface area contributed by atoms with Gasteiger partial charge in [-0.25, -0.2) is 4.79 Å². The van der Waals surface area contributed by atoms with Gasteiger partial charge in [-0.3, -0.25) is 0 Å². The van der Waals surface area contributed by atoms with Crippen molar-refractivity contribution in [3.8, 4) is 23.0 Å². The lowest BCUT2D eigenvalue weighted by atomic mass is 10.2. The molecule has 0 radical (unpaired) electrons. The van der Waals surface area contributed by atoms with Crippen LogP contribution >= 0.6 is 0 Å². The molecule has 0 fully saturated rings. The van der Waals surface area contributed by atoms with Crippen molar-refractivity contribution in [2.24, 2.45) is 0 Å². The van der Waals surface area contributed by atoms with Crippen LogP contribution < -0.4 is 14.2 Å². The number of rotatable bonds is 10. The zero-order valence-corrected chi connectivity index (χ0v) is 16.7. The summed E-state index contributed by atoms with van der Waals surface area (Å²) in [6.07, 6.45) is 0.634. The van der Waals surface area contributed by atoms with E-state index in [9.17, 15) is 9.90 Å². The van der Waals surface area contributed by atoms with Gasteiger partial charge in [-0.1, -0.05) is 30.3 Å². The van der Waals surface area contributed by atoms with Gasteiger partial charge in [-0.05, 0) is 42.0 Å². The number of benzene rings is 3. The Kier molecular flexibility index (Phi) is 7.55. The molecule has 30 heavy (non-hydrogen) atoms. The summed E-state index contributed by atoms with van der Waals surface area (Å²) in [6, 6.07) is 21.7. The van der Waals surface area contributed by atoms with E-state index in [1.54, 1.807) is 0 Å². The van der Waals surface area contributed by atoms with E-state index in [4.69, 9.17) is 14.2 Å². The molecular formula is C24H24O6. The third-order valence-corrected chi connectivity index (χ3v) is 4.21. The van der Waals surface area contributed by atoms with Crippen molar-refractivity contribution in [2.45, 2.75) is 13.0 Å². The van der Waals surface area contributed by atoms with Gasteiger partial charge in [0.2, 0.25) is 0 Å². The number of methoxy groups -OCH3 is 1. The second-order valence-electron chi connectivity index (χ2n) is 6.50. The van der Waals surface area contributed by atoms with Crippen LogP contribution in [-0.2, 0) is 11.3 Å². The highest BCUT2D eigenvalue weighted by Crippen LogP contribution is 2.23. The Bertz CT molecular complexity index is 938. The Balaban J connectivity index is 1.38. The number of esters is 1. The zero-order valence-electron chi connectivity index (χ0n) is 16.7. The lowest BCUT2D eigenvalue weighted by molar-refractivity contribution is 0.0599. The Morgan fingerprint density at radius 1 is 0.800 bits per heavy atom. The van der Waals surface area contributed by atoms with Crippen molar-refractivity contribution in [3.63, 3.8) is 0 Å². The molecule has 3 rings (SSSR count). The van der Waals surface area contributed by atoms with Gasteiger partial charge in [0.25, 0.3) is 0 Å². The normalized spacial score (nSPS) is 10.3. The highest BCUT2D eigenvalue weighted by Gasteiger charge is 2.09. The lowest BCUT2D eigenvalue weighted by Gasteiger charge is -2.10. The van der Waals surface area contributed by atoms with Crippen LogP contribution in [0.4, 0.5) is 0 Å². The SMILES string of the molecule is COC(=O)c1cc(O)cc(OCCCOc2ccc(OCc3ccccc3)cc2)c1. The van der Waals surface area contributed by atoms with Crippen molar-refractivity contribution in [1.29, 1.82) is 0 Å². The molecule has 0 aliphatic heterocycles. The van der Waals surface area contributed by atoms with Crippen molar-refractivity contribution in [1.82, 2.24) is 0 Å². The zero-order chi connectivity index (χ0) is 21.2. The first-order chi connectivity index (χ1) is 14.6. The van der Waals surface area contributed by atoms with Gasteiger partial charge in [0.05, 0.1) is 25.9 Å². The summed E-state index contributed by atoms with van der Waals surface area (Å²) < 4.78 is 21.7. The number of hydrogen-bond acceptors (Lipinski definition) is 6. The van der Waals surface area contributed by atoms with Gasteiger partial charge < -0.3 is 24.1 Å². The number of carbonyl (C=O) groups is 1. The summed E-state index contributed by atoms with van der Waals surface area (Å²) >= 11 is 0. The summed E-state index contributed by atoms with van der Waals surface area (Å²) in [5, 5.41) is 9.69. The van der Waals surface area contributed by atoms with E-state index in [1.807, 2.05) is 54.6 Å². The first kappa shape index (κ1) is 21.0. The molecule has 0 amide bonds. The summed E-state index contributed by atoms with van der Waals surface area (Å²) in [7, 11) is 1.28. The monoisotopic (exact) mass is 408 g/mol. The average Bonchev–Trinajstić information content (AvgIpc) is 2.78. The maximum absolute atomic E-state index is 11.6. The fourth-order valence-corrected chi connectivity index (χ4v) is 2.71. The summed E-state index contributed by atoms with van der Waals surface area (Å²) in [6.45, 7) is 1.36. The lowest BCUT2D eigenvalue weighted by Crippen LogP contribution is -2.06. The van der Waals surface area contributed by atoms with Crippen molar-refractivity contribution < 1.29 is 28.8 Å². The van der Waals surface area contributed by atoms with Crippen LogP contribution in [0.15, 0.2) is 72.8 Å². The molecule has 1 N–H and O–H groups in total. The molecule has 0 saturated heterocycles. The van der Waals surface area contributed by atoms with Crippen LogP contribution in [0.5, 0.6) is 23.0 Å². The fourth-order valence-electron chi connectivity index (χ4n) is 2.71. The molecule has 0 atom stereocenters. The van der Waals surface area contributed by atoms with E-state index < -0.39 is 5.97 Å². The second kappa shape index (κ2) is 10.8. The Labute approximate surface area is 175 Å². The Hall–Kier alpha value is -3.67. The van der Waals surface area contributed by atoms with Crippen molar-refractivity contribution in [2.75, 3.05) is 20.3 Å². The van der Waals surface area contributed by atoms with Crippen LogP contribution in [0.2, 0.25) is 0 Å². The Morgan fingerprint density at radius 3 is 2.10 bits per heavy atom. The molecule has 0 heterocycles. The number of ether oxygens (including phenoxy) is 4. The van der Waals surface area contributed by atoms with E-state index in [1.165, 1.54) is 25.3 Å². The fraction of sp³-hybridized carbons (Fsp3) is 0.208. The van der Waals surface area contributed by atoms with Crippen LogP contribution in [0.3, 0.4) is 0 Å². The van der Waals surface area contributed by atoms with Crippen LogP contribution in [0.25, 0.3) is 0 Å². The molecule has 156 valence electrons. The third kappa shape index (κ3) is 6.44. The standard InChI is InChI=1S/C24H24O6/c1-27-24(26)19-14-20(25)16-23(15-19)29-13-5-12-28-21-8-10-22(11-9-21)30-17-18-6-3-2-4-7-18/h2-4,6-11,14-16,25H,5,12-13,17H2,1H3. The van der Waals surface area contributed by atoms with Crippen LogP contribution in [0.1, 0.15) is 22.3 Å². The first-order valence-electron chi connectivity index (χ1n) is 9.59. The van der Waals surface area contributed by atoms with Gasteiger partial charge in [0.1, 0.15) is 29.6 Å². The van der Waals surface area contributed by atoms with Gasteiger partial charge in [0.15, 0.2) is 0 Å². The molecule has 6 heteroatoms. The molecule has 0 bridgehead atoms. The molecule has 0 spiro atoms. The van der Waals surface area contributed by atoms with E-state index in [-0.39, 0.29) is 11.3 Å². The van der Waals surface area contributed by atoms with Crippen molar-refractivity contribution in [3.05, 3.63) is 83.9 Å².